The quantitative estimate of drug-likeness (QED) is 0.652. The fraction of sp³-hybridized carbons (Fsp3) is 1.00. The van der Waals surface area contributed by atoms with Crippen molar-refractivity contribution in [2.45, 2.75) is 38.0 Å². The second-order valence-electron chi connectivity index (χ2n) is 3.78. The molecule has 1 saturated carbocycles. The average molecular weight is 264 g/mol. The maximum absolute atomic E-state index is 12.0. The highest BCUT2D eigenvalue weighted by atomic mass is 32.2. The summed E-state index contributed by atoms with van der Waals surface area (Å²) in [6.45, 7) is 0. The fourth-order valence-corrected chi connectivity index (χ4v) is 1.40. The lowest BCUT2D eigenvalue weighted by atomic mass is 9.87. The lowest BCUT2D eigenvalue weighted by molar-refractivity contribution is -0.185. The van der Waals surface area contributed by atoms with Crippen molar-refractivity contribution < 1.29 is 31.2 Å². The first-order chi connectivity index (χ1) is 7.00. The van der Waals surface area contributed by atoms with E-state index in [0.717, 1.165) is 0 Å². The van der Waals surface area contributed by atoms with Crippen molar-refractivity contribution in [3.8, 4) is 0 Å². The zero-order chi connectivity index (χ0) is 13.0. The van der Waals surface area contributed by atoms with Crippen molar-refractivity contribution in [2.75, 3.05) is 6.26 Å². The van der Waals surface area contributed by atoms with Gasteiger partial charge in [-0.2, -0.15) is 21.6 Å². The molecule has 0 bridgehead atoms. The van der Waals surface area contributed by atoms with Crippen LogP contribution in [-0.2, 0) is 10.1 Å². The number of aliphatic hydroxyl groups is 1. The smallest absolute Gasteiger partial charge is 0.391 e. The van der Waals surface area contributed by atoms with E-state index in [1.807, 2.05) is 0 Å². The van der Waals surface area contributed by atoms with Crippen molar-refractivity contribution in [2.24, 2.45) is 5.92 Å². The highest BCUT2D eigenvalue weighted by Gasteiger charge is 2.40. The summed E-state index contributed by atoms with van der Waals surface area (Å²) in [5, 5.41) is 8.93. The first-order valence-corrected chi connectivity index (χ1v) is 6.52. The number of alkyl halides is 3. The molecule has 0 aromatic carbocycles. The van der Waals surface area contributed by atoms with Gasteiger partial charge in [-0.3, -0.25) is 4.55 Å². The molecule has 2 N–H and O–H groups in total. The second-order valence-corrected chi connectivity index (χ2v) is 5.25. The summed E-state index contributed by atoms with van der Waals surface area (Å²) in [4.78, 5) is 0. The lowest BCUT2D eigenvalue weighted by Gasteiger charge is -2.26. The van der Waals surface area contributed by atoms with Crippen LogP contribution in [0.25, 0.3) is 0 Å². The number of aliphatic hydroxyl groups excluding tert-OH is 1. The average Bonchev–Trinajstić information content (AvgIpc) is 1.99. The fourth-order valence-electron chi connectivity index (χ4n) is 1.40. The Morgan fingerprint density at radius 1 is 1.12 bits per heavy atom. The van der Waals surface area contributed by atoms with E-state index >= 15 is 0 Å². The third-order valence-corrected chi connectivity index (χ3v) is 2.16. The first kappa shape index (κ1) is 15.7. The molecule has 0 heterocycles. The van der Waals surface area contributed by atoms with Crippen molar-refractivity contribution in [3.05, 3.63) is 0 Å². The lowest BCUT2D eigenvalue weighted by Crippen LogP contribution is -2.29. The predicted octanol–water partition coefficient (Wildman–Crippen LogP) is 1.60. The van der Waals surface area contributed by atoms with Crippen LogP contribution >= 0.6 is 0 Å². The molecule has 0 radical (unpaired) electrons. The molecule has 0 saturated heterocycles. The molecule has 1 aliphatic rings. The Labute approximate surface area is 92.2 Å². The number of halogens is 3. The van der Waals surface area contributed by atoms with Gasteiger partial charge in [0.25, 0.3) is 10.1 Å². The molecular formula is C8H15F3O4S. The van der Waals surface area contributed by atoms with E-state index < -0.39 is 28.3 Å². The molecule has 0 atom stereocenters. The van der Waals surface area contributed by atoms with Crippen molar-refractivity contribution in [3.63, 3.8) is 0 Å². The highest BCUT2D eigenvalue weighted by molar-refractivity contribution is 7.85. The van der Waals surface area contributed by atoms with Gasteiger partial charge in [0.1, 0.15) is 0 Å². The normalized spacial score (nSPS) is 26.9. The monoisotopic (exact) mass is 264 g/mol. The molecule has 1 rings (SSSR count). The summed E-state index contributed by atoms with van der Waals surface area (Å²) in [7, 11) is -3.67. The van der Waals surface area contributed by atoms with Crippen LogP contribution in [0, 0.1) is 5.92 Å². The van der Waals surface area contributed by atoms with Gasteiger partial charge in [0.15, 0.2) is 0 Å². The second kappa shape index (κ2) is 5.83. The Morgan fingerprint density at radius 3 is 1.69 bits per heavy atom. The third kappa shape index (κ3) is 8.93. The van der Waals surface area contributed by atoms with E-state index in [9.17, 15) is 21.6 Å². The third-order valence-electron chi connectivity index (χ3n) is 2.16. The van der Waals surface area contributed by atoms with Crippen LogP contribution in [0.4, 0.5) is 13.2 Å². The van der Waals surface area contributed by atoms with E-state index in [-0.39, 0.29) is 12.8 Å². The van der Waals surface area contributed by atoms with Crippen LogP contribution in [0.5, 0.6) is 0 Å². The molecule has 98 valence electrons. The Morgan fingerprint density at radius 2 is 1.44 bits per heavy atom. The summed E-state index contributed by atoms with van der Waals surface area (Å²) in [5.74, 6) is -1.18. The SMILES string of the molecule is CS(=O)(=O)O.OC1CCC(C(F)(F)F)CC1. The number of rotatable bonds is 0. The molecule has 1 fully saturated rings. The van der Waals surface area contributed by atoms with E-state index in [1.54, 1.807) is 0 Å². The van der Waals surface area contributed by atoms with Gasteiger partial charge in [0.05, 0.1) is 18.3 Å². The van der Waals surface area contributed by atoms with E-state index in [0.29, 0.717) is 19.1 Å². The highest BCUT2D eigenvalue weighted by Crippen LogP contribution is 2.37. The molecule has 0 aromatic rings. The Balaban J connectivity index is 0.000000385. The van der Waals surface area contributed by atoms with E-state index in [2.05, 4.69) is 0 Å². The molecule has 4 nitrogen and oxygen atoms in total. The summed E-state index contributed by atoms with van der Waals surface area (Å²) in [6.07, 6.45) is -3.08. The number of hydrogen-bond acceptors (Lipinski definition) is 3. The molecule has 0 aliphatic heterocycles. The predicted molar refractivity (Wildman–Crippen MR) is 51.5 cm³/mol. The van der Waals surface area contributed by atoms with Crippen LogP contribution < -0.4 is 0 Å². The molecule has 0 aromatic heterocycles. The molecular weight excluding hydrogens is 249 g/mol. The molecule has 1 aliphatic carbocycles. The zero-order valence-electron chi connectivity index (χ0n) is 8.74. The molecule has 0 spiro atoms. The van der Waals surface area contributed by atoms with E-state index in [4.69, 9.17) is 9.66 Å². The minimum atomic E-state index is -4.06. The molecule has 0 unspecified atom stereocenters. The van der Waals surface area contributed by atoms with Gasteiger partial charge in [-0.25, -0.2) is 0 Å². The van der Waals surface area contributed by atoms with Gasteiger partial charge in [-0.1, -0.05) is 0 Å². The Kier molecular flexibility index (Phi) is 5.71. The van der Waals surface area contributed by atoms with Gasteiger partial charge >= 0.3 is 6.18 Å². The maximum atomic E-state index is 12.0. The topological polar surface area (TPSA) is 74.6 Å². The van der Waals surface area contributed by atoms with Crippen molar-refractivity contribution in [1.29, 1.82) is 0 Å². The van der Waals surface area contributed by atoms with Gasteiger partial charge in [0, 0.05) is 0 Å². The van der Waals surface area contributed by atoms with Crippen molar-refractivity contribution >= 4 is 10.1 Å². The maximum Gasteiger partial charge on any atom is 0.391 e. The summed E-state index contributed by atoms with van der Waals surface area (Å²) < 4.78 is 61.8. The molecule has 8 heteroatoms. The van der Waals surface area contributed by atoms with Gasteiger partial charge in [0.2, 0.25) is 0 Å². The van der Waals surface area contributed by atoms with Crippen LogP contribution in [-0.4, -0.2) is 36.6 Å². The van der Waals surface area contributed by atoms with E-state index in [1.165, 1.54) is 0 Å². The molecule has 0 amide bonds. The first-order valence-electron chi connectivity index (χ1n) is 4.67. The summed E-state index contributed by atoms with van der Waals surface area (Å²) >= 11 is 0. The summed E-state index contributed by atoms with van der Waals surface area (Å²) in [6, 6.07) is 0. The minimum Gasteiger partial charge on any atom is -0.393 e. The van der Waals surface area contributed by atoms with Crippen LogP contribution in [0.15, 0.2) is 0 Å². The Hall–Kier alpha value is -0.340. The number of hydrogen-bond donors (Lipinski definition) is 2. The summed E-state index contributed by atoms with van der Waals surface area (Å²) in [5.41, 5.74) is 0. The van der Waals surface area contributed by atoms with Gasteiger partial charge in [-0.05, 0) is 25.7 Å². The minimum absolute atomic E-state index is 0.0880. The molecule has 16 heavy (non-hydrogen) atoms. The van der Waals surface area contributed by atoms with Crippen LogP contribution in [0.3, 0.4) is 0 Å². The van der Waals surface area contributed by atoms with Crippen molar-refractivity contribution in [1.82, 2.24) is 0 Å². The standard InChI is InChI=1S/C7H11F3O.CH4O3S/c8-7(9,10)5-1-3-6(11)4-2-5;1-5(2,3)4/h5-6,11H,1-4H2;1H3,(H,2,3,4). The zero-order valence-corrected chi connectivity index (χ0v) is 9.55. The van der Waals surface area contributed by atoms with Gasteiger partial charge in [-0.15, -0.1) is 0 Å². The Bertz CT molecular complexity index is 283. The van der Waals surface area contributed by atoms with Gasteiger partial charge < -0.3 is 5.11 Å². The van der Waals surface area contributed by atoms with Crippen LogP contribution in [0.2, 0.25) is 0 Å². The largest absolute Gasteiger partial charge is 0.393 e. The van der Waals surface area contributed by atoms with Crippen LogP contribution in [0.1, 0.15) is 25.7 Å².